The smallest absolute Gasteiger partial charge is 0.325 e. The minimum absolute atomic E-state index is 0.452. The summed E-state index contributed by atoms with van der Waals surface area (Å²) in [6.07, 6.45) is 2.10. The van der Waals surface area contributed by atoms with E-state index in [0.717, 1.165) is 28.9 Å². The minimum atomic E-state index is -1.11. The van der Waals surface area contributed by atoms with Crippen LogP contribution in [-0.2, 0) is 21.5 Å². The fourth-order valence-electron chi connectivity index (χ4n) is 3.33. The van der Waals surface area contributed by atoms with E-state index < -0.39 is 36.0 Å². The molecule has 1 spiro atoms. The molecular formula is C16H18N4O4. The zero-order valence-corrected chi connectivity index (χ0v) is 13.2. The number of nitrogens with one attached hydrogen (secondary N) is 3. The van der Waals surface area contributed by atoms with Crippen molar-refractivity contribution in [3.05, 3.63) is 35.4 Å². The Labute approximate surface area is 138 Å². The molecule has 0 bridgehead atoms. The van der Waals surface area contributed by atoms with E-state index in [4.69, 9.17) is 0 Å². The topological polar surface area (TPSA) is 108 Å². The van der Waals surface area contributed by atoms with Crippen LogP contribution in [0, 0.1) is 0 Å². The van der Waals surface area contributed by atoms with E-state index in [-0.39, 0.29) is 0 Å². The summed E-state index contributed by atoms with van der Waals surface area (Å²) in [7, 11) is 1.37. The van der Waals surface area contributed by atoms with Crippen molar-refractivity contribution < 1.29 is 19.2 Å². The first-order chi connectivity index (χ1) is 11.5. The van der Waals surface area contributed by atoms with E-state index >= 15 is 0 Å². The van der Waals surface area contributed by atoms with Gasteiger partial charge in [0.15, 0.2) is 0 Å². The van der Waals surface area contributed by atoms with Gasteiger partial charge in [-0.15, -0.1) is 0 Å². The highest BCUT2D eigenvalue weighted by molar-refractivity contribution is 6.10. The van der Waals surface area contributed by atoms with Crippen LogP contribution >= 0.6 is 0 Å². The van der Waals surface area contributed by atoms with Gasteiger partial charge in [-0.1, -0.05) is 24.3 Å². The number of hydrogen-bond donors (Lipinski definition) is 3. The Hall–Kier alpha value is -2.90. The molecule has 1 aliphatic carbocycles. The lowest BCUT2D eigenvalue weighted by Crippen LogP contribution is -2.48. The number of aryl methyl sites for hydroxylation is 1. The molecule has 6 amide bonds. The van der Waals surface area contributed by atoms with E-state index in [1.165, 1.54) is 7.05 Å². The highest BCUT2D eigenvalue weighted by Crippen LogP contribution is 2.39. The zero-order valence-electron chi connectivity index (χ0n) is 13.2. The zero-order chi connectivity index (χ0) is 17.3. The fourth-order valence-corrected chi connectivity index (χ4v) is 3.33. The van der Waals surface area contributed by atoms with E-state index in [1.54, 1.807) is 0 Å². The quantitative estimate of drug-likeness (QED) is 0.674. The van der Waals surface area contributed by atoms with Crippen molar-refractivity contribution in [3.8, 4) is 0 Å². The Bertz CT molecular complexity index is 733. The average Bonchev–Trinajstić information content (AvgIpc) is 2.80. The summed E-state index contributed by atoms with van der Waals surface area (Å²) in [5.41, 5.74) is 0.692. The molecule has 2 aliphatic rings. The molecule has 126 valence electrons. The van der Waals surface area contributed by atoms with Gasteiger partial charge in [0, 0.05) is 7.05 Å². The lowest BCUT2D eigenvalue weighted by molar-refractivity contribution is -0.135. The SMILES string of the molecule is CNC(=O)NC(=O)CN1C(=O)N[C@]2(CCCc3ccccc32)C1=O. The molecule has 8 heteroatoms. The number of fused-ring (bicyclic) bond motifs is 2. The molecular weight excluding hydrogens is 312 g/mol. The Balaban J connectivity index is 1.85. The van der Waals surface area contributed by atoms with E-state index in [2.05, 4.69) is 10.6 Å². The van der Waals surface area contributed by atoms with Gasteiger partial charge in [0.2, 0.25) is 5.91 Å². The van der Waals surface area contributed by atoms with Gasteiger partial charge in [0.05, 0.1) is 0 Å². The number of carbonyl (C=O) groups excluding carboxylic acids is 4. The summed E-state index contributed by atoms with van der Waals surface area (Å²) in [6, 6.07) is 6.19. The van der Waals surface area contributed by atoms with Gasteiger partial charge in [-0.25, -0.2) is 9.59 Å². The standard InChI is InChI=1S/C16H18N4O4/c1-17-14(23)18-12(21)9-20-13(22)16(19-15(20)24)8-4-6-10-5-2-3-7-11(10)16/h2-3,5,7H,4,6,8-9H2,1H3,(H,19,24)(H2,17,18,21,23)/t16-/m0/s1. The fraction of sp³-hybridized carbons (Fsp3) is 0.375. The summed E-state index contributed by atoms with van der Waals surface area (Å²) in [4.78, 5) is 49.0. The molecule has 0 aromatic heterocycles. The largest absolute Gasteiger partial charge is 0.341 e. The second-order valence-corrected chi connectivity index (χ2v) is 5.86. The predicted molar refractivity (Wildman–Crippen MR) is 83.9 cm³/mol. The predicted octanol–water partition coefficient (Wildman–Crippen LogP) is 0.226. The lowest BCUT2D eigenvalue weighted by atomic mass is 9.76. The maximum Gasteiger partial charge on any atom is 0.325 e. The second kappa shape index (κ2) is 5.95. The van der Waals surface area contributed by atoms with Gasteiger partial charge >= 0.3 is 12.1 Å². The van der Waals surface area contributed by atoms with Crippen LogP contribution in [0.3, 0.4) is 0 Å². The Morgan fingerprint density at radius 1 is 1.29 bits per heavy atom. The molecule has 0 unspecified atom stereocenters. The molecule has 1 saturated heterocycles. The van der Waals surface area contributed by atoms with Crippen LogP contribution in [0.1, 0.15) is 24.0 Å². The van der Waals surface area contributed by atoms with Crippen molar-refractivity contribution in [2.24, 2.45) is 0 Å². The van der Waals surface area contributed by atoms with E-state index in [9.17, 15) is 19.2 Å². The van der Waals surface area contributed by atoms with E-state index in [1.807, 2.05) is 29.6 Å². The number of imide groups is 2. The monoisotopic (exact) mass is 330 g/mol. The molecule has 0 radical (unpaired) electrons. The third kappa shape index (κ3) is 2.49. The van der Waals surface area contributed by atoms with Gasteiger partial charge in [-0.3, -0.25) is 19.8 Å². The third-order valence-corrected chi connectivity index (χ3v) is 4.43. The number of rotatable bonds is 2. The normalized spacial score (nSPS) is 22.1. The number of benzene rings is 1. The molecule has 24 heavy (non-hydrogen) atoms. The van der Waals surface area contributed by atoms with Crippen molar-refractivity contribution in [1.29, 1.82) is 0 Å². The highest BCUT2D eigenvalue weighted by Gasteiger charge is 2.54. The number of hydrogen-bond acceptors (Lipinski definition) is 4. The van der Waals surface area contributed by atoms with Crippen molar-refractivity contribution in [3.63, 3.8) is 0 Å². The molecule has 0 saturated carbocycles. The summed E-state index contributed by atoms with van der Waals surface area (Å²) >= 11 is 0. The first-order valence-electron chi connectivity index (χ1n) is 7.72. The van der Waals surface area contributed by atoms with Gasteiger partial charge in [-0.2, -0.15) is 0 Å². The first kappa shape index (κ1) is 16.0. The lowest BCUT2D eigenvalue weighted by Gasteiger charge is -2.33. The molecule has 8 nitrogen and oxygen atoms in total. The van der Waals surface area contributed by atoms with Crippen molar-refractivity contribution >= 4 is 23.9 Å². The van der Waals surface area contributed by atoms with Crippen molar-refractivity contribution in [1.82, 2.24) is 20.9 Å². The first-order valence-corrected chi connectivity index (χ1v) is 7.72. The van der Waals surface area contributed by atoms with Gasteiger partial charge < -0.3 is 10.6 Å². The molecule has 1 fully saturated rings. The van der Waals surface area contributed by atoms with Gasteiger partial charge in [-0.05, 0) is 30.4 Å². The Morgan fingerprint density at radius 3 is 2.79 bits per heavy atom. The van der Waals surface area contributed by atoms with Crippen LogP contribution in [0.2, 0.25) is 0 Å². The molecule has 1 aliphatic heterocycles. The molecule has 1 heterocycles. The van der Waals surface area contributed by atoms with Gasteiger partial charge in [0.25, 0.3) is 5.91 Å². The number of urea groups is 2. The van der Waals surface area contributed by atoms with E-state index in [0.29, 0.717) is 6.42 Å². The maximum atomic E-state index is 12.9. The third-order valence-electron chi connectivity index (χ3n) is 4.43. The second-order valence-electron chi connectivity index (χ2n) is 5.86. The van der Waals surface area contributed by atoms with Crippen LogP contribution in [0.4, 0.5) is 9.59 Å². The van der Waals surface area contributed by atoms with Crippen LogP contribution < -0.4 is 16.0 Å². The maximum absolute atomic E-state index is 12.9. The Morgan fingerprint density at radius 2 is 2.04 bits per heavy atom. The average molecular weight is 330 g/mol. The molecule has 1 aromatic carbocycles. The van der Waals surface area contributed by atoms with Crippen LogP contribution in [0.25, 0.3) is 0 Å². The summed E-state index contributed by atoms with van der Waals surface area (Å²) in [6.45, 7) is -0.498. The molecule has 3 N–H and O–H groups in total. The van der Waals surface area contributed by atoms with Crippen LogP contribution in [-0.4, -0.2) is 42.4 Å². The Kier molecular flexibility index (Phi) is 3.96. The van der Waals surface area contributed by atoms with Crippen molar-refractivity contribution in [2.45, 2.75) is 24.8 Å². The molecule has 3 rings (SSSR count). The number of amides is 6. The van der Waals surface area contributed by atoms with Crippen LogP contribution in [0.15, 0.2) is 24.3 Å². The molecule has 1 atom stereocenters. The van der Waals surface area contributed by atoms with Gasteiger partial charge in [0.1, 0.15) is 12.1 Å². The molecule has 1 aromatic rings. The highest BCUT2D eigenvalue weighted by atomic mass is 16.2. The summed E-state index contributed by atoms with van der Waals surface area (Å²) in [5.74, 6) is -1.18. The van der Waals surface area contributed by atoms with Crippen LogP contribution in [0.5, 0.6) is 0 Å². The summed E-state index contributed by atoms with van der Waals surface area (Å²) < 4.78 is 0. The van der Waals surface area contributed by atoms with Crippen molar-refractivity contribution in [2.75, 3.05) is 13.6 Å². The summed E-state index contributed by atoms with van der Waals surface area (Å²) in [5, 5.41) is 7.04. The minimum Gasteiger partial charge on any atom is -0.341 e. The number of carbonyl (C=O) groups is 4. The number of nitrogens with zero attached hydrogens (tertiary/aromatic N) is 1.